The van der Waals surface area contributed by atoms with Gasteiger partial charge in [0.25, 0.3) is 0 Å². The van der Waals surface area contributed by atoms with Gasteiger partial charge in [0, 0.05) is 43.2 Å². The van der Waals surface area contributed by atoms with Crippen molar-refractivity contribution < 1.29 is 0 Å². The van der Waals surface area contributed by atoms with E-state index in [1.165, 1.54) is 0 Å². The van der Waals surface area contributed by atoms with E-state index in [1.807, 2.05) is 18.2 Å². The van der Waals surface area contributed by atoms with Crippen LogP contribution in [0.4, 0.5) is 0 Å². The van der Waals surface area contributed by atoms with Crippen molar-refractivity contribution >= 4 is 17.3 Å². The van der Waals surface area contributed by atoms with Crippen molar-refractivity contribution in [2.45, 2.75) is 46.3 Å². The lowest BCUT2D eigenvalue weighted by Gasteiger charge is -2.30. The quantitative estimate of drug-likeness (QED) is 0.548. The van der Waals surface area contributed by atoms with Crippen molar-refractivity contribution in [3.8, 4) is 10.6 Å². The molecule has 1 heterocycles. The Kier molecular flexibility index (Phi) is 8.06. The minimum absolute atomic E-state index is 0.540. The van der Waals surface area contributed by atoms with Crippen LogP contribution >= 0.6 is 11.3 Å². The number of hydrogen-bond donors (Lipinski definition) is 2. The molecule has 2 aromatic rings. The monoisotopic (exact) mass is 373 g/mol. The summed E-state index contributed by atoms with van der Waals surface area (Å²) in [6.45, 7) is 11.5. The standard InChI is InChI=1S/C20H31N5S/c1-15(2)25(16(3)4)12-11-22-20(21-5)23-13-18-14-26-19(24-18)17-9-7-6-8-10-17/h6-10,14-16H,11-13H2,1-5H3,(H2,21,22,23). The Morgan fingerprint density at radius 1 is 1.12 bits per heavy atom. The molecule has 0 unspecified atom stereocenters. The molecule has 2 rings (SSSR count). The second kappa shape index (κ2) is 10.3. The van der Waals surface area contributed by atoms with Crippen molar-refractivity contribution in [2.75, 3.05) is 20.1 Å². The van der Waals surface area contributed by atoms with E-state index in [0.717, 1.165) is 35.3 Å². The van der Waals surface area contributed by atoms with Gasteiger partial charge in [0.1, 0.15) is 5.01 Å². The molecule has 2 N–H and O–H groups in total. The number of nitrogens with one attached hydrogen (secondary N) is 2. The fourth-order valence-corrected chi connectivity index (χ4v) is 3.74. The van der Waals surface area contributed by atoms with E-state index in [1.54, 1.807) is 18.4 Å². The molecule has 0 aliphatic rings. The average Bonchev–Trinajstić information content (AvgIpc) is 3.10. The zero-order valence-electron chi connectivity index (χ0n) is 16.5. The van der Waals surface area contributed by atoms with Gasteiger partial charge in [-0.15, -0.1) is 11.3 Å². The molecule has 6 heteroatoms. The molecule has 0 aliphatic heterocycles. The number of nitrogens with zero attached hydrogens (tertiary/aromatic N) is 3. The van der Waals surface area contributed by atoms with Gasteiger partial charge in [0.15, 0.2) is 5.96 Å². The SMILES string of the molecule is CN=C(NCCN(C(C)C)C(C)C)NCc1csc(-c2ccccc2)n1. The van der Waals surface area contributed by atoms with Crippen molar-refractivity contribution in [2.24, 2.45) is 4.99 Å². The minimum Gasteiger partial charge on any atom is -0.355 e. The third kappa shape index (κ3) is 6.11. The summed E-state index contributed by atoms with van der Waals surface area (Å²) >= 11 is 1.67. The zero-order chi connectivity index (χ0) is 18.9. The highest BCUT2D eigenvalue weighted by Crippen LogP contribution is 2.23. The molecule has 0 radical (unpaired) electrons. The zero-order valence-corrected chi connectivity index (χ0v) is 17.3. The second-order valence-electron chi connectivity index (χ2n) is 6.79. The van der Waals surface area contributed by atoms with Crippen molar-refractivity contribution in [3.63, 3.8) is 0 Å². The van der Waals surface area contributed by atoms with Crippen molar-refractivity contribution in [1.29, 1.82) is 0 Å². The molecule has 0 amide bonds. The Bertz CT molecular complexity index is 671. The molecule has 1 aromatic heterocycles. The van der Waals surface area contributed by atoms with E-state index in [0.29, 0.717) is 18.6 Å². The van der Waals surface area contributed by atoms with Crippen molar-refractivity contribution in [3.05, 3.63) is 41.4 Å². The molecule has 0 atom stereocenters. The topological polar surface area (TPSA) is 52.6 Å². The first-order valence-electron chi connectivity index (χ1n) is 9.21. The van der Waals surface area contributed by atoms with Crippen LogP contribution in [-0.4, -0.2) is 48.1 Å². The van der Waals surface area contributed by atoms with E-state index in [2.05, 4.69) is 65.7 Å². The van der Waals surface area contributed by atoms with Crippen LogP contribution in [0.1, 0.15) is 33.4 Å². The number of benzene rings is 1. The first kappa shape index (κ1) is 20.4. The van der Waals surface area contributed by atoms with Gasteiger partial charge >= 0.3 is 0 Å². The molecule has 5 nitrogen and oxygen atoms in total. The van der Waals surface area contributed by atoms with Gasteiger partial charge in [-0.05, 0) is 27.7 Å². The Labute approximate surface area is 161 Å². The highest BCUT2D eigenvalue weighted by Gasteiger charge is 2.12. The summed E-state index contributed by atoms with van der Waals surface area (Å²) in [5.74, 6) is 0.812. The van der Waals surface area contributed by atoms with Crippen LogP contribution < -0.4 is 10.6 Å². The van der Waals surface area contributed by atoms with E-state index in [4.69, 9.17) is 4.98 Å². The summed E-state index contributed by atoms with van der Waals surface area (Å²) in [5, 5.41) is 9.89. The van der Waals surface area contributed by atoms with Gasteiger partial charge in [-0.2, -0.15) is 0 Å². The van der Waals surface area contributed by atoms with Crippen LogP contribution in [-0.2, 0) is 6.54 Å². The molecule has 1 aromatic carbocycles. The number of guanidine groups is 1. The fraction of sp³-hybridized carbons (Fsp3) is 0.500. The fourth-order valence-electron chi connectivity index (χ4n) is 2.91. The smallest absolute Gasteiger partial charge is 0.191 e. The minimum atomic E-state index is 0.540. The summed E-state index contributed by atoms with van der Waals surface area (Å²) in [5.41, 5.74) is 2.19. The Morgan fingerprint density at radius 3 is 2.42 bits per heavy atom. The molecular formula is C20H31N5S. The highest BCUT2D eigenvalue weighted by molar-refractivity contribution is 7.13. The van der Waals surface area contributed by atoms with E-state index in [-0.39, 0.29) is 0 Å². The predicted molar refractivity (Wildman–Crippen MR) is 113 cm³/mol. The lowest BCUT2D eigenvalue weighted by atomic mass is 10.2. The maximum atomic E-state index is 4.71. The first-order chi connectivity index (χ1) is 12.5. The molecule has 0 fully saturated rings. The third-order valence-corrected chi connectivity index (χ3v) is 5.16. The van der Waals surface area contributed by atoms with Crippen LogP contribution in [0.5, 0.6) is 0 Å². The summed E-state index contributed by atoms with van der Waals surface area (Å²) < 4.78 is 0. The Balaban J connectivity index is 1.81. The van der Waals surface area contributed by atoms with Gasteiger partial charge in [0.2, 0.25) is 0 Å². The van der Waals surface area contributed by atoms with E-state index < -0.39 is 0 Å². The lowest BCUT2D eigenvalue weighted by molar-refractivity contribution is 0.178. The van der Waals surface area contributed by atoms with Crippen LogP contribution in [0.3, 0.4) is 0 Å². The summed E-state index contributed by atoms with van der Waals surface area (Å²) in [6.07, 6.45) is 0. The normalized spacial score (nSPS) is 12.2. The summed E-state index contributed by atoms with van der Waals surface area (Å²) in [7, 11) is 1.80. The van der Waals surface area contributed by atoms with E-state index in [9.17, 15) is 0 Å². The van der Waals surface area contributed by atoms with Gasteiger partial charge in [-0.25, -0.2) is 4.98 Å². The number of thiazole rings is 1. The molecule has 0 aliphatic carbocycles. The van der Waals surface area contributed by atoms with Crippen LogP contribution in [0, 0.1) is 0 Å². The number of rotatable bonds is 8. The maximum Gasteiger partial charge on any atom is 0.191 e. The van der Waals surface area contributed by atoms with E-state index >= 15 is 0 Å². The Morgan fingerprint density at radius 2 is 1.81 bits per heavy atom. The van der Waals surface area contributed by atoms with Gasteiger partial charge in [0.05, 0.1) is 12.2 Å². The van der Waals surface area contributed by atoms with Crippen molar-refractivity contribution in [1.82, 2.24) is 20.5 Å². The van der Waals surface area contributed by atoms with Crippen LogP contribution in [0.2, 0.25) is 0 Å². The second-order valence-corrected chi connectivity index (χ2v) is 7.65. The molecule has 0 spiro atoms. The third-order valence-electron chi connectivity index (χ3n) is 4.22. The molecule has 0 saturated carbocycles. The Hall–Kier alpha value is -1.92. The van der Waals surface area contributed by atoms with Gasteiger partial charge in [-0.3, -0.25) is 9.89 Å². The highest BCUT2D eigenvalue weighted by atomic mass is 32.1. The lowest BCUT2D eigenvalue weighted by Crippen LogP contribution is -2.45. The molecule has 0 bridgehead atoms. The predicted octanol–water partition coefficient (Wildman–Crippen LogP) is 3.59. The van der Waals surface area contributed by atoms with Crippen LogP contribution in [0.15, 0.2) is 40.7 Å². The number of hydrogen-bond acceptors (Lipinski definition) is 4. The van der Waals surface area contributed by atoms with Gasteiger partial charge < -0.3 is 10.6 Å². The first-order valence-corrected chi connectivity index (χ1v) is 10.1. The number of aromatic nitrogens is 1. The summed E-state index contributed by atoms with van der Waals surface area (Å²) in [4.78, 5) is 11.5. The van der Waals surface area contributed by atoms with Gasteiger partial charge in [-0.1, -0.05) is 30.3 Å². The average molecular weight is 374 g/mol. The molecule has 0 saturated heterocycles. The number of aliphatic imine (C=N–C) groups is 1. The largest absolute Gasteiger partial charge is 0.355 e. The molecule has 142 valence electrons. The summed E-state index contributed by atoms with van der Waals surface area (Å²) in [6, 6.07) is 11.4. The van der Waals surface area contributed by atoms with Crippen LogP contribution in [0.25, 0.3) is 10.6 Å². The molecule has 26 heavy (non-hydrogen) atoms. The maximum absolute atomic E-state index is 4.71. The molecular weight excluding hydrogens is 342 g/mol.